The van der Waals surface area contributed by atoms with Crippen LogP contribution in [0.1, 0.15) is 45.4 Å². The van der Waals surface area contributed by atoms with E-state index in [1.54, 1.807) is 0 Å². The summed E-state index contributed by atoms with van der Waals surface area (Å²) in [4.78, 5) is 5.50. The van der Waals surface area contributed by atoms with Crippen LogP contribution in [0.4, 0.5) is 0 Å². The van der Waals surface area contributed by atoms with Crippen LogP contribution in [0.25, 0.3) is 0 Å². The van der Waals surface area contributed by atoms with Gasteiger partial charge in [0.1, 0.15) is 0 Å². The Kier molecular flexibility index (Phi) is 5.00. The van der Waals surface area contributed by atoms with E-state index in [0.29, 0.717) is 0 Å². The van der Waals surface area contributed by atoms with Crippen LogP contribution in [0, 0.1) is 11.8 Å². The van der Waals surface area contributed by atoms with Gasteiger partial charge in [0, 0.05) is 38.3 Å². The van der Waals surface area contributed by atoms with E-state index < -0.39 is 0 Å². The number of nitrogens with one attached hydrogen (secondary N) is 1. The van der Waals surface area contributed by atoms with Crippen LogP contribution in [-0.2, 0) is 0 Å². The molecule has 0 aromatic heterocycles. The lowest BCUT2D eigenvalue weighted by Crippen LogP contribution is -2.53. The van der Waals surface area contributed by atoms with Crippen molar-refractivity contribution in [3.05, 3.63) is 0 Å². The Morgan fingerprint density at radius 2 is 2.00 bits per heavy atom. The zero-order valence-corrected chi connectivity index (χ0v) is 13.5. The first-order valence-electron chi connectivity index (χ1n) is 8.93. The SMILES string of the molecule is CCC1CCC(NC)C(CN2CCN3CCCC3C2)C1. The fourth-order valence-electron chi connectivity index (χ4n) is 4.87. The molecule has 4 atom stereocenters. The quantitative estimate of drug-likeness (QED) is 0.851. The summed E-state index contributed by atoms with van der Waals surface area (Å²) in [5.74, 6) is 1.86. The lowest BCUT2D eigenvalue weighted by Gasteiger charge is -2.42. The smallest absolute Gasteiger partial charge is 0.0224 e. The normalized spacial score (nSPS) is 39.9. The van der Waals surface area contributed by atoms with Crippen molar-refractivity contribution < 1.29 is 0 Å². The summed E-state index contributed by atoms with van der Waals surface area (Å²) < 4.78 is 0. The van der Waals surface area contributed by atoms with Crippen LogP contribution in [0.2, 0.25) is 0 Å². The second-order valence-corrected chi connectivity index (χ2v) is 7.33. The van der Waals surface area contributed by atoms with Gasteiger partial charge in [-0.15, -0.1) is 0 Å². The van der Waals surface area contributed by atoms with E-state index in [4.69, 9.17) is 0 Å². The molecule has 0 radical (unpaired) electrons. The van der Waals surface area contributed by atoms with Crippen molar-refractivity contribution >= 4 is 0 Å². The Hall–Kier alpha value is -0.120. The first-order valence-corrected chi connectivity index (χ1v) is 8.93. The number of fused-ring (bicyclic) bond motifs is 1. The molecule has 4 unspecified atom stereocenters. The summed E-state index contributed by atoms with van der Waals surface area (Å²) in [6.07, 6.45) is 8.53. The largest absolute Gasteiger partial charge is 0.317 e. The number of nitrogens with zero attached hydrogens (tertiary/aromatic N) is 2. The molecule has 1 saturated carbocycles. The summed E-state index contributed by atoms with van der Waals surface area (Å²) in [5, 5.41) is 3.60. The van der Waals surface area contributed by atoms with Gasteiger partial charge < -0.3 is 10.2 Å². The molecule has 2 aliphatic heterocycles. The van der Waals surface area contributed by atoms with Crippen molar-refractivity contribution in [1.82, 2.24) is 15.1 Å². The Bertz CT molecular complexity index is 307. The third-order valence-electron chi connectivity index (χ3n) is 6.20. The van der Waals surface area contributed by atoms with Crippen LogP contribution < -0.4 is 5.32 Å². The van der Waals surface area contributed by atoms with Gasteiger partial charge in [0.15, 0.2) is 0 Å². The highest BCUT2D eigenvalue weighted by molar-refractivity contribution is 4.90. The van der Waals surface area contributed by atoms with Crippen molar-refractivity contribution in [3.63, 3.8) is 0 Å². The van der Waals surface area contributed by atoms with E-state index in [1.807, 2.05) is 0 Å². The Balaban J connectivity index is 1.54. The maximum Gasteiger partial charge on any atom is 0.0224 e. The number of piperazine rings is 1. The van der Waals surface area contributed by atoms with E-state index in [0.717, 1.165) is 23.9 Å². The minimum Gasteiger partial charge on any atom is -0.317 e. The predicted octanol–water partition coefficient (Wildman–Crippen LogP) is 2.18. The van der Waals surface area contributed by atoms with Crippen molar-refractivity contribution in [1.29, 1.82) is 0 Å². The van der Waals surface area contributed by atoms with Crippen LogP contribution >= 0.6 is 0 Å². The molecule has 0 amide bonds. The van der Waals surface area contributed by atoms with E-state index in [1.165, 1.54) is 71.2 Å². The van der Waals surface area contributed by atoms with Gasteiger partial charge in [-0.05, 0) is 57.5 Å². The summed E-state index contributed by atoms with van der Waals surface area (Å²) in [5.41, 5.74) is 0. The van der Waals surface area contributed by atoms with Gasteiger partial charge >= 0.3 is 0 Å². The van der Waals surface area contributed by atoms with Crippen LogP contribution in [-0.4, -0.2) is 61.7 Å². The summed E-state index contributed by atoms with van der Waals surface area (Å²) >= 11 is 0. The van der Waals surface area contributed by atoms with Crippen molar-refractivity contribution in [2.75, 3.05) is 39.8 Å². The van der Waals surface area contributed by atoms with E-state index in [-0.39, 0.29) is 0 Å². The maximum atomic E-state index is 3.60. The standard InChI is InChI=1S/C17H33N3/c1-3-14-6-7-17(18-2)15(11-14)12-19-9-10-20-8-4-5-16(20)13-19/h14-18H,3-13H2,1-2H3. The number of hydrogen-bond donors (Lipinski definition) is 1. The highest BCUT2D eigenvalue weighted by Gasteiger charge is 2.34. The van der Waals surface area contributed by atoms with E-state index in [9.17, 15) is 0 Å². The molecule has 0 spiro atoms. The van der Waals surface area contributed by atoms with Crippen molar-refractivity contribution in [2.24, 2.45) is 11.8 Å². The average molecular weight is 279 g/mol. The van der Waals surface area contributed by atoms with E-state index >= 15 is 0 Å². The number of hydrogen-bond acceptors (Lipinski definition) is 3. The van der Waals surface area contributed by atoms with Gasteiger partial charge in [-0.25, -0.2) is 0 Å². The second kappa shape index (κ2) is 6.76. The van der Waals surface area contributed by atoms with Crippen LogP contribution in [0.15, 0.2) is 0 Å². The molecule has 20 heavy (non-hydrogen) atoms. The minimum atomic E-state index is 0.763. The third-order valence-corrected chi connectivity index (χ3v) is 6.20. The lowest BCUT2D eigenvalue weighted by atomic mass is 9.76. The van der Waals surface area contributed by atoms with Gasteiger partial charge in [0.2, 0.25) is 0 Å². The minimum absolute atomic E-state index is 0.763. The Morgan fingerprint density at radius 1 is 1.10 bits per heavy atom. The van der Waals surface area contributed by atoms with Gasteiger partial charge in [-0.1, -0.05) is 13.3 Å². The highest BCUT2D eigenvalue weighted by Crippen LogP contribution is 2.32. The molecule has 3 aliphatic rings. The van der Waals surface area contributed by atoms with Crippen molar-refractivity contribution in [3.8, 4) is 0 Å². The molecule has 3 fully saturated rings. The monoisotopic (exact) mass is 279 g/mol. The predicted molar refractivity (Wildman–Crippen MR) is 85.0 cm³/mol. The van der Waals surface area contributed by atoms with Gasteiger partial charge in [0.05, 0.1) is 0 Å². The first-order chi connectivity index (χ1) is 9.80. The van der Waals surface area contributed by atoms with Gasteiger partial charge in [-0.2, -0.15) is 0 Å². The average Bonchev–Trinajstić information content (AvgIpc) is 2.94. The lowest BCUT2D eigenvalue weighted by molar-refractivity contribution is 0.0707. The molecular formula is C17H33N3. The summed E-state index contributed by atoms with van der Waals surface area (Å²) in [6.45, 7) is 9.03. The first kappa shape index (κ1) is 14.8. The Labute approximate surface area is 125 Å². The molecular weight excluding hydrogens is 246 g/mol. The molecule has 0 bridgehead atoms. The zero-order valence-electron chi connectivity index (χ0n) is 13.5. The molecule has 2 saturated heterocycles. The molecule has 3 nitrogen and oxygen atoms in total. The van der Waals surface area contributed by atoms with Gasteiger partial charge in [0.25, 0.3) is 0 Å². The maximum absolute atomic E-state index is 3.60. The topological polar surface area (TPSA) is 18.5 Å². The molecule has 0 aromatic carbocycles. The van der Waals surface area contributed by atoms with Crippen LogP contribution in [0.5, 0.6) is 0 Å². The number of rotatable bonds is 4. The molecule has 3 heteroatoms. The molecule has 0 aromatic rings. The fourth-order valence-corrected chi connectivity index (χ4v) is 4.87. The second-order valence-electron chi connectivity index (χ2n) is 7.33. The third kappa shape index (κ3) is 3.20. The van der Waals surface area contributed by atoms with Gasteiger partial charge in [-0.3, -0.25) is 4.90 Å². The highest BCUT2D eigenvalue weighted by atomic mass is 15.3. The molecule has 1 N–H and O–H groups in total. The zero-order chi connectivity index (χ0) is 13.9. The fraction of sp³-hybridized carbons (Fsp3) is 1.00. The Morgan fingerprint density at radius 3 is 2.80 bits per heavy atom. The molecule has 116 valence electrons. The summed E-state index contributed by atoms with van der Waals surface area (Å²) in [7, 11) is 2.17. The van der Waals surface area contributed by atoms with E-state index in [2.05, 4.69) is 29.1 Å². The summed E-state index contributed by atoms with van der Waals surface area (Å²) in [6, 6.07) is 1.64. The van der Waals surface area contributed by atoms with Crippen molar-refractivity contribution in [2.45, 2.75) is 57.5 Å². The molecule has 1 aliphatic carbocycles. The molecule has 2 heterocycles. The molecule has 3 rings (SSSR count). The van der Waals surface area contributed by atoms with Crippen LogP contribution in [0.3, 0.4) is 0 Å².